The molecule has 0 atom stereocenters. The molecule has 4 heteroatoms. The second kappa shape index (κ2) is 5.45. The van der Waals surface area contributed by atoms with E-state index in [4.69, 9.17) is 5.73 Å². The number of amides is 1. The van der Waals surface area contributed by atoms with Crippen molar-refractivity contribution in [2.75, 3.05) is 17.7 Å². The number of carbonyl (C=O) groups is 1. The third kappa shape index (κ3) is 2.79. The maximum absolute atomic E-state index is 12.5. The predicted octanol–water partition coefficient (Wildman–Crippen LogP) is 3.62. The van der Waals surface area contributed by atoms with Crippen molar-refractivity contribution < 1.29 is 4.79 Å². The summed E-state index contributed by atoms with van der Waals surface area (Å²) < 4.78 is 0.836. The van der Waals surface area contributed by atoms with Gasteiger partial charge in [0.15, 0.2) is 0 Å². The number of carbonyl (C=O) groups excluding carboxylic acids is 1. The van der Waals surface area contributed by atoms with E-state index in [2.05, 4.69) is 15.9 Å². The summed E-state index contributed by atoms with van der Waals surface area (Å²) in [5.74, 6) is -0.117. The van der Waals surface area contributed by atoms with Gasteiger partial charge >= 0.3 is 0 Å². The van der Waals surface area contributed by atoms with Crippen LogP contribution >= 0.6 is 15.9 Å². The molecule has 0 radical (unpaired) electrons. The van der Waals surface area contributed by atoms with Gasteiger partial charge in [0.1, 0.15) is 0 Å². The average Bonchev–Trinajstić information content (AvgIpc) is 2.40. The van der Waals surface area contributed by atoms with Crippen molar-refractivity contribution in [3.63, 3.8) is 0 Å². The molecule has 2 aromatic rings. The molecule has 0 aliphatic rings. The fourth-order valence-corrected chi connectivity index (χ4v) is 2.30. The van der Waals surface area contributed by atoms with Crippen molar-refractivity contribution in [3.05, 3.63) is 58.1 Å². The Bertz CT molecular complexity index is 625. The Morgan fingerprint density at radius 1 is 1.21 bits per heavy atom. The minimum atomic E-state index is -0.117. The molecule has 0 bridgehead atoms. The summed E-state index contributed by atoms with van der Waals surface area (Å²) in [5.41, 5.74) is 8.79. The molecule has 0 saturated carbocycles. The summed E-state index contributed by atoms with van der Waals surface area (Å²) in [7, 11) is 1.75. The Balaban J connectivity index is 2.39. The molecule has 0 unspecified atom stereocenters. The van der Waals surface area contributed by atoms with E-state index in [1.807, 2.05) is 37.3 Å². The molecule has 1 amide bonds. The number of benzene rings is 2. The van der Waals surface area contributed by atoms with Crippen LogP contribution in [0.1, 0.15) is 15.9 Å². The fraction of sp³-hybridized carbons (Fsp3) is 0.133. The molecule has 2 N–H and O–H groups in total. The summed E-state index contributed by atoms with van der Waals surface area (Å²) in [6.07, 6.45) is 0. The second-order valence-corrected chi connectivity index (χ2v) is 5.30. The van der Waals surface area contributed by atoms with Gasteiger partial charge in [-0.1, -0.05) is 34.1 Å². The van der Waals surface area contributed by atoms with Crippen LogP contribution in [0.4, 0.5) is 11.4 Å². The van der Waals surface area contributed by atoms with Crippen molar-refractivity contribution in [3.8, 4) is 0 Å². The number of hydrogen-bond acceptors (Lipinski definition) is 2. The first kappa shape index (κ1) is 13.6. The van der Waals surface area contributed by atoms with Gasteiger partial charge in [-0.15, -0.1) is 0 Å². The van der Waals surface area contributed by atoms with E-state index in [-0.39, 0.29) is 5.91 Å². The number of nitrogen functional groups attached to an aromatic ring is 1. The summed E-state index contributed by atoms with van der Waals surface area (Å²) in [6, 6.07) is 13.0. The lowest BCUT2D eigenvalue weighted by atomic mass is 10.1. The zero-order chi connectivity index (χ0) is 14.0. The lowest BCUT2D eigenvalue weighted by molar-refractivity contribution is 0.0993. The first-order valence-electron chi connectivity index (χ1n) is 5.89. The third-order valence-corrected chi connectivity index (χ3v) is 3.52. The van der Waals surface area contributed by atoms with Crippen molar-refractivity contribution in [2.24, 2.45) is 0 Å². The van der Waals surface area contributed by atoms with E-state index in [0.29, 0.717) is 11.3 Å². The van der Waals surface area contributed by atoms with Crippen LogP contribution in [0, 0.1) is 6.92 Å². The lowest BCUT2D eigenvalue weighted by Gasteiger charge is -2.20. The SMILES string of the molecule is Cc1ccccc1N(C)C(=O)c1cc(Br)ccc1N. The van der Waals surface area contributed by atoms with E-state index < -0.39 is 0 Å². The molecule has 2 aromatic carbocycles. The normalized spacial score (nSPS) is 10.3. The summed E-state index contributed by atoms with van der Waals surface area (Å²) >= 11 is 3.36. The van der Waals surface area contributed by atoms with Crippen LogP contribution in [0.25, 0.3) is 0 Å². The Labute approximate surface area is 121 Å². The summed E-state index contributed by atoms with van der Waals surface area (Å²) in [5, 5.41) is 0. The number of rotatable bonds is 2. The van der Waals surface area contributed by atoms with Gasteiger partial charge in [-0.05, 0) is 36.8 Å². The molecule has 0 aromatic heterocycles. The van der Waals surface area contributed by atoms with Crippen LogP contribution in [0.5, 0.6) is 0 Å². The van der Waals surface area contributed by atoms with E-state index >= 15 is 0 Å². The molecule has 19 heavy (non-hydrogen) atoms. The molecular formula is C15H15BrN2O. The van der Waals surface area contributed by atoms with Gasteiger partial charge in [0.25, 0.3) is 5.91 Å². The van der Waals surface area contributed by atoms with Gasteiger partial charge in [0.2, 0.25) is 0 Å². The Morgan fingerprint density at radius 3 is 2.58 bits per heavy atom. The van der Waals surface area contributed by atoms with Crippen molar-refractivity contribution >= 4 is 33.2 Å². The molecule has 3 nitrogen and oxygen atoms in total. The quantitative estimate of drug-likeness (QED) is 0.860. The average molecular weight is 319 g/mol. The van der Waals surface area contributed by atoms with Crippen LogP contribution in [0.3, 0.4) is 0 Å². The first-order chi connectivity index (χ1) is 9.00. The van der Waals surface area contributed by atoms with Crippen LogP contribution in [-0.4, -0.2) is 13.0 Å². The molecule has 0 spiro atoms. The summed E-state index contributed by atoms with van der Waals surface area (Å²) in [4.78, 5) is 14.1. The van der Waals surface area contributed by atoms with Crippen molar-refractivity contribution in [2.45, 2.75) is 6.92 Å². The van der Waals surface area contributed by atoms with Crippen LogP contribution in [0.2, 0.25) is 0 Å². The number of nitrogens with zero attached hydrogens (tertiary/aromatic N) is 1. The monoisotopic (exact) mass is 318 g/mol. The number of anilines is 2. The molecule has 0 heterocycles. The maximum Gasteiger partial charge on any atom is 0.260 e. The Kier molecular flexibility index (Phi) is 3.90. The van der Waals surface area contributed by atoms with Crippen LogP contribution < -0.4 is 10.6 Å². The zero-order valence-corrected chi connectivity index (χ0v) is 12.4. The lowest BCUT2D eigenvalue weighted by Crippen LogP contribution is -2.27. The maximum atomic E-state index is 12.5. The largest absolute Gasteiger partial charge is 0.398 e. The zero-order valence-electron chi connectivity index (χ0n) is 10.9. The van der Waals surface area contributed by atoms with Crippen LogP contribution in [0.15, 0.2) is 46.9 Å². The van der Waals surface area contributed by atoms with E-state index in [9.17, 15) is 4.79 Å². The van der Waals surface area contributed by atoms with E-state index in [1.165, 1.54) is 0 Å². The smallest absolute Gasteiger partial charge is 0.260 e. The number of hydrogen-bond donors (Lipinski definition) is 1. The van der Waals surface area contributed by atoms with Gasteiger partial charge < -0.3 is 10.6 Å². The van der Waals surface area contributed by atoms with Crippen molar-refractivity contribution in [1.82, 2.24) is 0 Å². The van der Waals surface area contributed by atoms with Gasteiger partial charge in [-0.25, -0.2) is 0 Å². The van der Waals surface area contributed by atoms with E-state index in [0.717, 1.165) is 15.7 Å². The molecule has 0 saturated heterocycles. The Morgan fingerprint density at radius 2 is 1.89 bits per heavy atom. The summed E-state index contributed by atoms with van der Waals surface area (Å²) in [6.45, 7) is 1.98. The Hall–Kier alpha value is -1.81. The highest BCUT2D eigenvalue weighted by Gasteiger charge is 2.17. The second-order valence-electron chi connectivity index (χ2n) is 4.38. The molecule has 2 rings (SSSR count). The fourth-order valence-electron chi connectivity index (χ4n) is 1.94. The highest BCUT2D eigenvalue weighted by molar-refractivity contribution is 9.10. The number of nitrogens with two attached hydrogens (primary N) is 1. The minimum Gasteiger partial charge on any atom is -0.398 e. The molecular weight excluding hydrogens is 304 g/mol. The molecule has 0 aliphatic carbocycles. The van der Waals surface area contributed by atoms with Crippen molar-refractivity contribution in [1.29, 1.82) is 0 Å². The first-order valence-corrected chi connectivity index (χ1v) is 6.68. The van der Waals surface area contributed by atoms with Crippen LogP contribution in [-0.2, 0) is 0 Å². The predicted molar refractivity (Wildman–Crippen MR) is 82.5 cm³/mol. The van der Waals surface area contributed by atoms with E-state index in [1.54, 1.807) is 24.1 Å². The number of aryl methyl sites for hydroxylation is 1. The topological polar surface area (TPSA) is 46.3 Å². The molecule has 0 fully saturated rings. The third-order valence-electron chi connectivity index (χ3n) is 3.03. The minimum absolute atomic E-state index is 0.117. The number of halogens is 1. The standard InChI is InChI=1S/C15H15BrN2O/c1-10-5-3-4-6-14(10)18(2)15(19)12-9-11(16)7-8-13(12)17/h3-9H,17H2,1-2H3. The molecule has 98 valence electrons. The highest BCUT2D eigenvalue weighted by Crippen LogP contribution is 2.24. The number of para-hydroxylation sites is 1. The van der Waals surface area contributed by atoms with Gasteiger partial charge in [-0.2, -0.15) is 0 Å². The molecule has 0 aliphatic heterocycles. The van der Waals surface area contributed by atoms with Gasteiger partial charge in [0.05, 0.1) is 5.56 Å². The van der Waals surface area contributed by atoms with Gasteiger partial charge in [-0.3, -0.25) is 4.79 Å². The highest BCUT2D eigenvalue weighted by atomic mass is 79.9. The van der Waals surface area contributed by atoms with Gasteiger partial charge in [0, 0.05) is 22.9 Å².